The lowest BCUT2D eigenvalue weighted by Crippen LogP contribution is -2.19. The molecule has 3 heteroatoms. The van der Waals surface area contributed by atoms with Crippen LogP contribution in [0.1, 0.15) is 41.9 Å². The van der Waals surface area contributed by atoms with E-state index in [1.807, 2.05) is 32.0 Å². The molecule has 1 saturated heterocycles. The summed E-state index contributed by atoms with van der Waals surface area (Å²) in [4.78, 5) is 25.9. The van der Waals surface area contributed by atoms with E-state index in [9.17, 15) is 9.59 Å². The van der Waals surface area contributed by atoms with E-state index in [2.05, 4.69) is 24.3 Å². The van der Waals surface area contributed by atoms with E-state index in [0.29, 0.717) is 12.3 Å². The molecule has 0 radical (unpaired) electrons. The first-order valence-electron chi connectivity index (χ1n) is 9.85. The smallest absolute Gasteiger partial charge is 0.151 e. The van der Waals surface area contributed by atoms with Crippen molar-refractivity contribution < 1.29 is 14.3 Å². The van der Waals surface area contributed by atoms with E-state index in [-0.39, 0.29) is 17.5 Å². The molecule has 27 heavy (non-hydrogen) atoms. The van der Waals surface area contributed by atoms with E-state index in [0.717, 1.165) is 53.9 Å². The molecule has 2 aliphatic rings. The van der Waals surface area contributed by atoms with Crippen molar-refractivity contribution in [2.75, 3.05) is 13.2 Å². The van der Waals surface area contributed by atoms with Crippen molar-refractivity contribution in [3.8, 4) is 11.1 Å². The van der Waals surface area contributed by atoms with E-state index < -0.39 is 5.92 Å². The molecule has 1 aliphatic heterocycles. The molecule has 0 bridgehead atoms. The van der Waals surface area contributed by atoms with Crippen LogP contribution in [0.4, 0.5) is 0 Å². The van der Waals surface area contributed by atoms with Crippen LogP contribution in [-0.4, -0.2) is 24.8 Å². The summed E-state index contributed by atoms with van der Waals surface area (Å²) in [7, 11) is 0. The zero-order chi connectivity index (χ0) is 19.0. The maximum Gasteiger partial charge on any atom is 0.151 e. The third-order valence-electron chi connectivity index (χ3n) is 6.09. The van der Waals surface area contributed by atoms with Crippen LogP contribution in [0.5, 0.6) is 0 Å². The predicted molar refractivity (Wildman–Crippen MR) is 106 cm³/mol. The van der Waals surface area contributed by atoms with Crippen LogP contribution >= 0.6 is 0 Å². The van der Waals surface area contributed by atoms with Gasteiger partial charge in [-0.25, -0.2) is 0 Å². The van der Waals surface area contributed by atoms with Crippen LogP contribution in [0, 0.1) is 25.7 Å². The zero-order valence-electron chi connectivity index (χ0n) is 16.0. The largest absolute Gasteiger partial charge is 0.381 e. The Morgan fingerprint density at radius 2 is 1.70 bits per heavy atom. The number of benzene rings is 2. The summed E-state index contributed by atoms with van der Waals surface area (Å²) in [6.07, 6.45) is 2.19. The molecule has 0 spiro atoms. The second kappa shape index (κ2) is 7.40. The van der Waals surface area contributed by atoms with Gasteiger partial charge in [-0.2, -0.15) is 0 Å². The fourth-order valence-corrected chi connectivity index (χ4v) is 4.76. The van der Waals surface area contributed by atoms with E-state index in [1.165, 1.54) is 0 Å². The van der Waals surface area contributed by atoms with Gasteiger partial charge in [0.15, 0.2) is 5.78 Å². The number of Topliss-reactive ketones (excluding diaryl/α,β-unsaturated/α-hetero) is 2. The maximum absolute atomic E-state index is 13.1. The standard InChI is InChI=1S/C24H26O3/c1-15-10-19(18-6-4-3-5-7-18)11-16(2)22(15)23-21(25)13-20(24(23)26)12-17-8-9-27-14-17/h3-7,10-11,17,20,23H,8-9,12-14H2,1-2H3. The van der Waals surface area contributed by atoms with Gasteiger partial charge in [0.05, 0.1) is 0 Å². The Morgan fingerprint density at radius 3 is 2.33 bits per heavy atom. The van der Waals surface area contributed by atoms with Gasteiger partial charge in [0, 0.05) is 25.6 Å². The Bertz CT molecular complexity index is 839. The minimum absolute atomic E-state index is 0.0857. The molecule has 140 valence electrons. The van der Waals surface area contributed by atoms with Crippen LogP contribution < -0.4 is 0 Å². The lowest BCUT2D eigenvalue weighted by molar-refractivity contribution is -0.125. The predicted octanol–water partition coefficient (Wildman–Crippen LogP) is 4.64. The quantitative estimate of drug-likeness (QED) is 0.744. The first kappa shape index (κ1) is 18.1. The van der Waals surface area contributed by atoms with Gasteiger partial charge in [0.1, 0.15) is 11.7 Å². The summed E-state index contributed by atoms with van der Waals surface area (Å²) in [6, 6.07) is 14.4. The molecule has 0 amide bonds. The van der Waals surface area contributed by atoms with Crippen LogP contribution in [0.3, 0.4) is 0 Å². The molecule has 2 aromatic carbocycles. The topological polar surface area (TPSA) is 43.4 Å². The van der Waals surface area contributed by atoms with Crippen molar-refractivity contribution in [2.24, 2.45) is 11.8 Å². The highest BCUT2D eigenvalue weighted by molar-refractivity contribution is 6.15. The van der Waals surface area contributed by atoms with Gasteiger partial charge in [0.2, 0.25) is 0 Å². The molecule has 2 fully saturated rings. The second-order valence-corrected chi connectivity index (χ2v) is 8.06. The van der Waals surface area contributed by atoms with Gasteiger partial charge in [0.25, 0.3) is 0 Å². The number of hydrogen-bond donors (Lipinski definition) is 0. The van der Waals surface area contributed by atoms with Gasteiger partial charge in [-0.1, -0.05) is 42.5 Å². The van der Waals surface area contributed by atoms with Crippen molar-refractivity contribution in [2.45, 2.75) is 39.0 Å². The molecule has 3 atom stereocenters. The highest BCUT2D eigenvalue weighted by Gasteiger charge is 2.44. The lowest BCUT2D eigenvalue weighted by atomic mass is 9.84. The Morgan fingerprint density at radius 1 is 1.00 bits per heavy atom. The molecule has 4 rings (SSSR count). The summed E-state index contributed by atoms with van der Waals surface area (Å²) in [5.41, 5.74) is 5.27. The van der Waals surface area contributed by atoms with Crippen LogP contribution in [-0.2, 0) is 14.3 Å². The maximum atomic E-state index is 13.1. The van der Waals surface area contributed by atoms with Crippen LogP contribution in [0.2, 0.25) is 0 Å². The molecular formula is C24H26O3. The number of ether oxygens (including phenoxy) is 1. The minimum atomic E-state index is -0.581. The Hall–Kier alpha value is -2.26. The number of carbonyl (C=O) groups is 2. The SMILES string of the molecule is Cc1cc(-c2ccccc2)cc(C)c1C1C(=O)CC(CC2CCOC2)C1=O. The molecule has 1 heterocycles. The Labute approximate surface area is 160 Å². The normalized spacial score (nSPS) is 25.3. The van der Waals surface area contributed by atoms with Gasteiger partial charge in [-0.15, -0.1) is 0 Å². The summed E-state index contributed by atoms with van der Waals surface area (Å²) in [5.74, 6) is -0.0924. The average molecular weight is 362 g/mol. The molecular weight excluding hydrogens is 336 g/mol. The number of aryl methyl sites for hydroxylation is 2. The van der Waals surface area contributed by atoms with E-state index in [4.69, 9.17) is 4.74 Å². The molecule has 0 N–H and O–H groups in total. The van der Waals surface area contributed by atoms with Crippen molar-refractivity contribution >= 4 is 11.6 Å². The first-order valence-corrected chi connectivity index (χ1v) is 9.85. The van der Waals surface area contributed by atoms with Crippen molar-refractivity contribution in [3.63, 3.8) is 0 Å². The Balaban J connectivity index is 1.62. The van der Waals surface area contributed by atoms with Gasteiger partial charge in [-0.3, -0.25) is 9.59 Å². The Kier molecular flexibility index (Phi) is 4.96. The zero-order valence-corrected chi connectivity index (χ0v) is 16.0. The van der Waals surface area contributed by atoms with Gasteiger partial charge >= 0.3 is 0 Å². The fourth-order valence-electron chi connectivity index (χ4n) is 4.76. The third kappa shape index (κ3) is 3.49. The van der Waals surface area contributed by atoms with Gasteiger partial charge in [-0.05, 0) is 60.4 Å². The summed E-state index contributed by atoms with van der Waals surface area (Å²) < 4.78 is 5.44. The monoisotopic (exact) mass is 362 g/mol. The molecule has 3 unspecified atom stereocenters. The summed E-state index contributed by atoms with van der Waals surface area (Å²) in [6.45, 7) is 5.55. The van der Waals surface area contributed by atoms with Crippen molar-refractivity contribution in [1.82, 2.24) is 0 Å². The average Bonchev–Trinajstić information content (AvgIpc) is 3.25. The van der Waals surface area contributed by atoms with Crippen LogP contribution in [0.25, 0.3) is 11.1 Å². The van der Waals surface area contributed by atoms with Crippen molar-refractivity contribution in [3.05, 3.63) is 59.2 Å². The van der Waals surface area contributed by atoms with Crippen LogP contribution in [0.15, 0.2) is 42.5 Å². The fraction of sp³-hybridized carbons (Fsp3) is 0.417. The van der Waals surface area contributed by atoms with E-state index >= 15 is 0 Å². The molecule has 1 saturated carbocycles. The highest BCUT2D eigenvalue weighted by Crippen LogP contribution is 2.40. The highest BCUT2D eigenvalue weighted by atomic mass is 16.5. The van der Waals surface area contributed by atoms with Crippen molar-refractivity contribution in [1.29, 1.82) is 0 Å². The van der Waals surface area contributed by atoms with E-state index in [1.54, 1.807) is 0 Å². The number of ketones is 2. The molecule has 3 nitrogen and oxygen atoms in total. The number of hydrogen-bond acceptors (Lipinski definition) is 3. The molecule has 2 aromatic rings. The molecule has 1 aliphatic carbocycles. The number of rotatable bonds is 4. The number of carbonyl (C=O) groups excluding carboxylic acids is 2. The second-order valence-electron chi connectivity index (χ2n) is 8.06. The summed E-state index contributed by atoms with van der Waals surface area (Å²) >= 11 is 0. The molecule has 0 aromatic heterocycles. The first-order chi connectivity index (χ1) is 13.0. The minimum Gasteiger partial charge on any atom is -0.381 e. The lowest BCUT2D eigenvalue weighted by Gasteiger charge is -2.18. The van der Waals surface area contributed by atoms with Gasteiger partial charge < -0.3 is 4.74 Å². The summed E-state index contributed by atoms with van der Waals surface area (Å²) in [5, 5.41) is 0. The third-order valence-corrected chi connectivity index (χ3v) is 6.09.